The van der Waals surface area contributed by atoms with Gasteiger partial charge in [-0.1, -0.05) is 0 Å². The first-order valence-corrected chi connectivity index (χ1v) is 10.2. The van der Waals surface area contributed by atoms with Crippen LogP contribution in [0.3, 0.4) is 0 Å². The summed E-state index contributed by atoms with van der Waals surface area (Å²) in [5.74, 6) is 2.80. The van der Waals surface area contributed by atoms with E-state index in [-0.39, 0.29) is 0 Å². The van der Waals surface area contributed by atoms with Gasteiger partial charge < -0.3 is 20.1 Å². The Morgan fingerprint density at radius 1 is 1.14 bits per heavy atom. The number of rotatable bonds is 6. The summed E-state index contributed by atoms with van der Waals surface area (Å²) in [6.45, 7) is 2.03. The van der Waals surface area contributed by atoms with Crippen molar-refractivity contribution in [2.75, 3.05) is 32.6 Å². The van der Waals surface area contributed by atoms with Gasteiger partial charge in [0.2, 0.25) is 0 Å². The number of hydrogen-bond donors (Lipinski definition) is 2. The second-order valence-corrected chi connectivity index (χ2v) is 7.72. The lowest BCUT2D eigenvalue weighted by molar-refractivity contribution is 0.405. The highest BCUT2D eigenvalue weighted by Gasteiger charge is 2.30. The summed E-state index contributed by atoms with van der Waals surface area (Å²) in [4.78, 5) is 9.41. The van der Waals surface area contributed by atoms with Crippen molar-refractivity contribution >= 4 is 11.5 Å². The first-order chi connectivity index (χ1) is 14.3. The van der Waals surface area contributed by atoms with Crippen LogP contribution in [0.15, 0.2) is 24.4 Å². The fraction of sp³-hybridized carbons (Fsp3) is 0.476. The molecular formula is C21H26N6O2. The molecule has 0 radical (unpaired) electrons. The van der Waals surface area contributed by atoms with Gasteiger partial charge in [-0.25, -0.2) is 14.5 Å². The normalized spacial score (nSPS) is 19.3. The van der Waals surface area contributed by atoms with Crippen LogP contribution in [0.5, 0.6) is 11.5 Å². The Kier molecular flexibility index (Phi) is 4.71. The van der Waals surface area contributed by atoms with Gasteiger partial charge in [-0.2, -0.15) is 5.10 Å². The second-order valence-electron chi connectivity index (χ2n) is 7.72. The van der Waals surface area contributed by atoms with E-state index in [2.05, 4.69) is 15.6 Å². The molecule has 1 atom stereocenters. The van der Waals surface area contributed by atoms with Gasteiger partial charge in [-0.15, -0.1) is 0 Å². The van der Waals surface area contributed by atoms with Crippen molar-refractivity contribution in [2.24, 2.45) is 0 Å². The molecule has 1 aliphatic heterocycles. The first-order valence-electron chi connectivity index (χ1n) is 10.2. The molecule has 29 heavy (non-hydrogen) atoms. The van der Waals surface area contributed by atoms with Crippen molar-refractivity contribution in [1.82, 2.24) is 24.9 Å². The topological polar surface area (TPSA) is 85.6 Å². The smallest absolute Gasteiger partial charge is 0.157 e. The third-order valence-corrected chi connectivity index (χ3v) is 5.64. The molecule has 0 spiro atoms. The van der Waals surface area contributed by atoms with Crippen LogP contribution in [0.4, 0.5) is 5.82 Å². The minimum atomic E-state index is 0.378. The van der Waals surface area contributed by atoms with Crippen LogP contribution in [-0.2, 0) is 0 Å². The van der Waals surface area contributed by atoms with Gasteiger partial charge in [0.15, 0.2) is 5.65 Å². The summed E-state index contributed by atoms with van der Waals surface area (Å²) in [6.07, 6.45) is 6.40. The number of hydrogen-bond acceptors (Lipinski definition) is 7. The molecule has 2 aliphatic rings. The monoisotopic (exact) mass is 394 g/mol. The molecule has 1 unspecified atom stereocenters. The number of ether oxygens (including phenoxy) is 2. The molecular weight excluding hydrogens is 368 g/mol. The third kappa shape index (κ3) is 3.48. The number of methoxy groups -OCH3 is 2. The van der Waals surface area contributed by atoms with E-state index in [4.69, 9.17) is 19.6 Å². The number of pyridine rings is 1. The van der Waals surface area contributed by atoms with Crippen LogP contribution >= 0.6 is 0 Å². The average molecular weight is 394 g/mol. The van der Waals surface area contributed by atoms with E-state index in [1.165, 1.54) is 6.42 Å². The molecule has 0 amide bonds. The molecule has 5 rings (SSSR count). The zero-order valence-electron chi connectivity index (χ0n) is 16.8. The zero-order chi connectivity index (χ0) is 19.8. The van der Waals surface area contributed by atoms with Gasteiger partial charge in [-0.3, -0.25) is 0 Å². The molecule has 0 bridgehead atoms. The predicted molar refractivity (Wildman–Crippen MR) is 111 cm³/mol. The van der Waals surface area contributed by atoms with E-state index in [1.807, 2.05) is 22.7 Å². The summed E-state index contributed by atoms with van der Waals surface area (Å²) >= 11 is 0. The zero-order valence-corrected chi connectivity index (χ0v) is 16.8. The molecule has 4 heterocycles. The van der Waals surface area contributed by atoms with E-state index in [0.717, 1.165) is 66.6 Å². The Labute approximate surface area is 169 Å². The van der Waals surface area contributed by atoms with Crippen molar-refractivity contribution in [3.8, 4) is 22.9 Å². The lowest BCUT2D eigenvalue weighted by Gasteiger charge is -2.24. The van der Waals surface area contributed by atoms with Crippen molar-refractivity contribution < 1.29 is 9.47 Å². The number of piperidine rings is 1. The standard InChI is InChI=1S/C21H26N6O2/c1-28-16-7-8-18(24-14-4-3-9-22-11-14)25-21(16)15-12-23-19-10-17(29-2)20(13-5-6-13)26-27(15)19/h7-8,10,12-14,22H,3-6,9,11H2,1-2H3,(H,24,25). The number of anilines is 1. The van der Waals surface area contributed by atoms with Crippen LogP contribution in [0.2, 0.25) is 0 Å². The first kappa shape index (κ1) is 18.2. The quantitative estimate of drug-likeness (QED) is 0.665. The number of nitrogens with zero attached hydrogens (tertiary/aromatic N) is 4. The van der Waals surface area contributed by atoms with E-state index < -0.39 is 0 Å². The van der Waals surface area contributed by atoms with E-state index in [9.17, 15) is 0 Å². The van der Waals surface area contributed by atoms with Crippen molar-refractivity contribution in [3.63, 3.8) is 0 Å². The molecule has 1 aliphatic carbocycles. The maximum Gasteiger partial charge on any atom is 0.157 e. The second kappa shape index (κ2) is 7.51. The van der Waals surface area contributed by atoms with E-state index in [0.29, 0.717) is 17.7 Å². The molecule has 8 nitrogen and oxygen atoms in total. The van der Waals surface area contributed by atoms with Gasteiger partial charge in [0, 0.05) is 24.6 Å². The maximum absolute atomic E-state index is 5.60. The Bertz CT molecular complexity index is 1020. The fourth-order valence-corrected chi connectivity index (χ4v) is 3.94. The molecule has 0 aromatic carbocycles. The molecule has 8 heteroatoms. The third-order valence-electron chi connectivity index (χ3n) is 5.64. The molecule has 2 fully saturated rings. The fourth-order valence-electron chi connectivity index (χ4n) is 3.94. The van der Waals surface area contributed by atoms with Gasteiger partial charge in [0.25, 0.3) is 0 Å². The number of nitrogens with one attached hydrogen (secondary N) is 2. The SMILES string of the molecule is COc1ccc(NC2CCCNC2)nc1-c1cnc2cc(OC)c(C3CC3)nn12. The van der Waals surface area contributed by atoms with Crippen LogP contribution in [0.25, 0.3) is 17.0 Å². The lowest BCUT2D eigenvalue weighted by Crippen LogP contribution is -2.38. The maximum atomic E-state index is 5.60. The van der Waals surface area contributed by atoms with E-state index in [1.54, 1.807) is 20.4 Å². The highest BCUT2D eigenvalue weighted by atomic mass is 16.5. The van der Waals surface area contributed by atoms with Crippen molar-refractivity contribution in [3.05, 3.63) is 30.1 Å². The minimum absolute atomic E-state index is 0.378. The van der Waals surface area contributed by atoms with Gasteiger partial charge in [-0.05, 0) is 44.4 Å². The minimum Gasteiger partial charge on any atom is -0.495 e. The molecule has 2 N–H and O–H groups in total. The van der Waals surface area contributed by atoms with Gasteiger partial charge >= 0.3 is 0 Å². The highest BCUT2D eigenvalue weighted by Crippen LogP contribution is 2.43. The van der Waals surface area contributed by atoms with Crippen LogP contribution in [-0.4, -0.2) is 52.9 Å². The van der Waals surface area contributed by atoms with Crippen LogP contribution in [0.1, 0.15) is 37.3 Å². The number of aromatic nitrogens is 4. The molecule has 3 aromatic rings. The Morgan fingerprint density at radius 2 is 2.00 bits per heavy atom. The molecule has 1 saturated heterocycles. The summed E-state index contributed by atoms with van der Waals surface area (Å²) in [5.41, 5.74) is 3.26. The molecule has 3 aromatic heterocycles. The Morgan fingerprint density at radius 3 is 2.72 bits per heavy atom. The molecule has 1 saturated carbocycles. The summed E-state index contributed by atoms with van der Waals surface area (Å²) < 4.78 is 13.0. The summed E-state index contributed by atoms with van der Waals surface area (Å²) in [5, 5.41) is 11.8. The van der Waals surface area contributed by atoms with Crippen LogP contribution < -0.4 is 20.1 Å². The number of imidazole rings is 1. The van der Waals surface area contributed by atoms with Gasteiger partial charge in [0.05, 0.1) is 20.4 Å². The Balaban J connectivity index is 1.56. The predicted octanol–water partition coefficient (Wildman–Crippen LogP) is 2.85. The summed E-state index contributed by atoms with van der Waals surface area (Å²) in [6, 6.07) is 6.24. The van der Waals surface area contributed by atoms with Crippen LogP contribution in [0, 0.1) is 0 Å². The van der Waals surface area contributed by atoms with Gasteiger partial charge in [0.1, 0.15) is 34.4 Å². The lowest BCUT2D eigenvalue weighted by atomic mass is 10.1. The highest BCUT2D eigenvalue weighted by molar-refractivity contribution is 5.68. The van der Waals surface area contributed by atoms with Crippen molar-refractivity contribution in [2.45, 2.75) is 37.6 Å². The Hall–Kier alpha value is -2.87. The average Bonchev–Trinajstić information content (AvgIpc) is 3.53. The van der Waals surface area contributed by atoms with E-state index >= 15 is 0 Å². The number of fused-ring (bicyclic) bond motifs is 1. The molecule has 152 valence electrons. The largest absolute Gasteiger partial charge is 0.495 e. The summed E-state index contributed by atoms with van der Waals surface area (Å²) in [7, 11) is 3.34. The van der Waals surface area contributed by atoms with Crippen molar-refractivity contribution in [1.29, 1.82) is 0 Å².